The Bertz CT molecular complexity index is 1040. The summed E-state index contributed by atoms with van der Waals surface area (Å²) < 4.78 is 2.24. The number of imidazole rings is 1. The number of hydrogen-bond donors (Lipinski definition) is 0. The smallest absolute Gasteiger partial charge is 0.134 e. The third-order valence-electron chi connectivity index (χ3n) is 4.31. The first-order valence-corrected chi connectivity index (χ1v) is 8.80. The van der Waals surface area contributed by atoms with Gasteiger partial charge in [0, 0.05) is 6.54 Å². The van der Waals surface area contributed by atoms with E-state index in [0.29, 0.717) is 0 Å². The van der Waals surface area contributed by atoms with E-state index < -0.39 is 0 Å². The average Bonchev–Trinajstić information content (AvgIpc) is 3.06. The van der Waals surface area contributed by atoms with Crippen molar-refractivity contribution in [3.63, 3.8) is 0 Å². The van der Waals surface area contributed by atoms with Crippen molar-refractivity contribution in [2.45, 2.75) is 6.54 Å². The highest BCUT2D eigenvalue weighted by molar-refractivity contribution is 5.80. The van der Waals surface area contributed by atoms with Gasteiger partial charge in [0.25, 0.3) is 0 Å². The normalized spacial score (nSPS) is 11.7. The van der Waals surface area contributed by atoms with Crippen molar-refractivity contribution in [3.05, 3.63) is 108 Å². The van der Waals surface area contributed by atoms with Gasteiger partial charge in [-0.15, -0.1) is 0 Å². The molecule has 0 bridgehead atoms. The first-order chi connectivity index (χ1) is 12.9. The van der Waals surface area contributed by atoms with Gasteiger partial charge in [-0.1, -0.05) is 91.0 Å². The molecule has 0 aliphatic rings. The number of nitrogens with zero attached hydrogens (tertiary/aromatic N) is 2. The molecule has 0 radical (unpaired) electrons. The number of allylic oxidation sites excluding steroid dienone is 1. The Morgan fingerprint density at radius 1 is 0.654 bits per heavy atom. The number of hydrogen-bond acceptors (Lipinski definition) is 1. The lowest BCUT2D eigenvalue weighted by Crippen LogP contribution is -1.98. The van der Waals surface area contributed by atoms with E-state index in [-0.39, 0.29) is 0 Å². The summed E-state index contributed by atoms with van der Waals surface area (Å²) in [5.41, 5.74) is 4.55. The Balaban J connectivity index is 1.65. The lowest BCUT2D eigenvalue weighted by molar-refractivity contribution is 0.840. The molecule has 0 saturated carbocycles. The van der Waals surface area contributed by atoms with Gasteiger partial charge in [-0.25, -0.2) is 4.98 Å². The number of para-hydroxylation sites is 2. The molecule has 2 heteroatoms. The molecule has 4 rings (SSSR count). The van der Waals surface area contributed by atoms with Crippen LogP contribution in [0.15, 0.2) is 91.0 Å². The summed E-state index contributed by atoms with van der Waals surface area (Å²) in [6.45, 7) is 0.782. The molecule has 0 aliphatic carbocycles. The molecule has 0 unspecified atom stereocenters. The minimum absolute atomic E-state index is 0.782. The summed E-state index contributed by atoms with van der Waals surface area (Å²) >= 11 is 0. The second kappa shape index (κ2) is 7.66. The van der Waals surface area contributed by atoms with Crippen molar-refractivity contribution in [1.29, 1.82) is 0 Å². The number of benzene rings is 3. The van der Waals surface area contributed by atoms with Crippen LogP contribution >= 0.6 is 0 Å². The predicted octanol–water partition coefficient (Wildman–Crippen LogP) is 5.92. The molecule has 1 heterocycles. The predicted molar refractivity (Wildman–Crippen MR) is 111 cm³/mol. The Labute approximate surface area is 153 Å². The molecule has 0 saturated heterocycles. The summed E-state index contributed by atoms with van der Waals surface area (Å²) in [6.07, 6.45) is 8.53. The average molecular weight is 336 g/mol. The zero-order valence-electron chi connectivity index (χ0n) is 14.5. The molecular weight excluding hydrogens is 316 g/mol. The van der Waals surface area contributed by atoms with Crippen LogP contribution in [0.3, 0.4) is 0 Å². The maximum Gasteiger partial charge on any atom is 0.134 e. The van der Waals surface area contributed by atoms with Crippen LogP contribution in [-0.2, 0) is 6.54 Å². The molecule has 0 amide bonds. The summed E-state index contributed by atoms with van der Waals surface area (Å²) in [5.74, 6) is 0.966. The van der Waals surface area contributed by atoms with Gasteiger partial charge in [-0.3, -0.25) is 0 Å². The molecule has 0 fully saturated rings. The molecule has 2 nitrogen and oxygen atoms in total. The maximum atomic E-state index is 4.80. The first kappa shape index (κ1) is 16.1. The molecule has 26 heavy (non-hydrogen) atoms. The van der Waals surface area contributed by atoms with Crippen LogP contribution in [-0.4, -0.2) is 9.55 Å². The fourth-order valence-electron chi connectivity index (χ4n) is 3.01. The van der Waals surface area contributed by atoms with Gasteiger partial charge in [0.05, 0.1) is 11.0 Å². The van der Waals surface area contributed by atoms with Crippen molar-refractivity contribution in [1.82, 2.24) is 9.55 Å². The third kappa shape index (κ3) is 3.65. The minimum Gasteiger partial charge on any atom is -0.321 e. The lowest BCUT2D eigenvalue weighted by Gasteiger charge is -2.03. The van der Waals surface area contributed by atoms with Crippen LogP contribution < -0.4 is 0 Å². The van der Waals surface area contributed by atoms with Gasteiger partial charge in [-0.05, 0) is 29.3 Å². The topological polar surface area (TPSA) is 17.8 Å². The maximum absolute atomic E-state index is 4.80. The van der Waals surface area contributed by atoms with Crippen molar-refractivity contribution >= 4 is 29.3 Å². The summed E-state index contributed by atoms with van der Waals surface area (Å²) in [5, 5.41) is 0. The summed E-state index contributed by atoms with van der Waals surface area (Å²) in [7, 11) is 0. The highest BCUT2D eigenvalue weighted by Gasteiger charge is 2.06. The van der Waals surface area contributed by atoms with Crippen molar-refractivity contribution in [3.8, 4) is 0 Å². The Morgan fingerprint density at radius 3 is 2.00 bits per heavy atom. The fraction of sp³-hybridized carbons (Fsp3) is 0.0417. The van der Waals surface area contributed by atoms with Crippen molar-refractivity contribution in [2.75, 3.05) is 0 Å². The van der Waals surface area contributed by atoms with Crippen molar-refractivity contribution < 1.29 is 0 Å². The van der Waals surface area contributed by atoms with Gasteiger partial charge in [0.15, 0.2) is 0 Å². The highest BCUT2D eigenvalue weighted by atomic mass is 15.1. The second-order valence-electron chi connectivity index (χ2n) is 6.13. The van der Waals surface area contributed by atoms with Crippen LogP contribution in [0.25, 0.3) is 29.3 Å². The molecular formula is C24H20N2. The molecule has 4 aromatic rings. The molecule has 126 valence electrons. The number of aromatic nitrogens is 2. The van der Waals surface area contributed by atoms with E-state index in [1.165, 1.54) is 11.1 Å². The molecule has 1 aromatic heterocycles. The minimum atomic E-state index is 0.782. The Hall–Kier alpha value is -3.39. The van der Waals surface area contributed by atoms with E-state index >= 15 is 0 Å². The zero-order valence-corrected chi connectivity index (χ0v) is 14.5. The van der Waals surface area contributed by atoms with Gasteiger partial charge in [0.1, 0.15) is 5.82 Å². The van der Waals surface area contributed by atoms with Crippen LogP contribution in [0.5, 0.6) is 0 Å². The molecule has 3 aromatic carbocycles. The van der Waals surface area contributed by atoms with E-state index in [2.05, 4.69) is 83.5 Å². The Kier molecular flexibility index (Phi) is 4.74. The third-order valence-corrected chi connectivity index (χ3v) is 4.31. The molecule has 0 N–H and O–H groups in total. The van der Waals surface area contributed by atoms with E-state index in [0.717, 1.165) is 23.4 Å². The first-order valence-electron chi connectivity index (χ1n) is 8.80. The summed E-state index contributed by atoms with van der Waals surface area (Å²) in [6, 6.07) is 29.0. The Morgan fingerprint density at radius 2 is 1.27 bits per heavy atom. The van der Waals surface area contributed by atoms with E-state index in [1.54, 1.807) is 0 Å². The van der Waals surface area contributed by atoms with Crippen LogP contribution in [0.1, 0.15) is 17.0 Å². The van der Waals surface area contributed by atoms with Crippen LogP contribution in [0.4, 0.5) is 0 Å². The van der Waals surface area contributed by atoms with Crippen LogP contribution in [0.2, 0.25) is 0 Å². The fourth-order valence-corrected chi connectivity index (χ4v) is 3.01. The van der Waals surface area contributed by atoms with E-state index in [1.807, 2.05) is 30.3 Å². The standard InChI is InChI=1S/C24H20N2/c1-3-10-20(11-4-1)14-9-19-26-23-16-8-7-15-22(23)25-24(26)18-17-21-12-5-2-6-13-21/h1-18H,19H2/b14-9+,18-17-. The van der Waals surface area contributed by atoms with Gasteiger partial charge >= 0.3 is 0 Å². The zero-order chi connectivity index (χ0) is 17.6. The highest BCUT2D eigenvalue weighted by Crippen LogP contribution is 2.18. The lowest BCUT2D eigenvalue weighted by atomic mass is 10.2. The SMILES string of the molecule is C(=C/c1nc2ccccc2n1C/C=C/c1ccccc1)/c1ccccc1. The quantitative estimate of drug-likeness (QED) is 0.442. The van der Waals surface area contributed by atoms with E-state index in [4.69, 9.17) is 4.98 Å². The molecule has 0 atom stereocenters. The monoisotopic (exact) mass is 336 g/mol. The van der Waals surface area contributed by atoms with Crippen molar-refractivity contribution in [2.24, 2.45) is 0 Å². The van der Waals surface area contributed by atoms with Gasteiger partial charge in [-0.2, -0.15) is 0 Å². The number of rotatable bonds is 5. The van der Waals surface area contributed by atoms with E-state index in [9.17, 15) is 0 Å². The molecule has 0 aliphatic heterocycles. The van der Waals surface area contributed by atoms with Crippen LogP contribution in [0, 0.1) is 0 Å². The second-order valence-corrected chi connectivity index (χ2v) is 6.13. The van der Waals surface area contributed by atoms with Gasteiger partial charge in [0.2, 0.25) is 0 Å². The number of fused-ring (bicyclic) bond motifs is 1. The summed E-state index contributed by atoms with van der Waals surface area (Å²) in [4.78, 5) is 4.80. The van der Waals surface area contributed by atoms with Gasteiger partial charge < -0.3 is 4.57 Å². The molecule has 0 spiro atoms. The largest absolute Gasteiger partial charge is 0.321 e.